The van der Waals surface area contributed by atoms with E-state index < -0.39 is 22.3 Å². The summed E-state index contributed by atoms with van der Waals surface area (Å²) in [5, 5.41) is 13.9. The molecule has 4 rings (SSSR count). The molecule has 1 saturated heterocycles. The van der Waals surface area contributed by atoms with Gasteiger partial charge in [-0.25, -0.2) is 4.79 Å². The summed E-state index contributed by atoms with van der Waals surface area (Å²) >= 11 is 1.16. The molecule has 0 radical (unpaired) electrons. The number of nitro groups is 1. The summed E-state index contributed by atoms with van der Waals surface area (Å²) in [5.41, 5.74) is 1.04. The Balaban J connectivity index is 1.45. The van der Waals surface area contributed by atoms with Gasteiger partial charge < -0.3 is 10.1 Å². The van der Waals surface area contributed by atoms with Crippen LogP contribution in [0.25, 0.3) is 0 Å². The number of ether oxygens (including phenoxy) is 1. The fraction of sp³-hybridized carbons (Fsp3) is 0.450. The number of halogens is 1. The number of fused-ring (bicyclic) bond motifs is 1. The summed E-state index contributed by atoms with van der Waals surface area (Å²) in [6.07, 6.45) is 4.47. The Hall–Kier alpha value is -2.79. The summed E-state index contributed by atoms with van der Waals surface area (Å²) in [6, 6.07) is 3.16. The highest BCUT2D eigenvalue weighted by Gasteiger charge is 2.25. The van der Waals surface area contributed by atoms with Crippen molar-refractivity contribution in [3.63, 3.8) is 0 Å². The number of rotatable bonds is 7. The number of carbonyl (C=O) groups excluding carboxylic acids is 1. The van der Waals surface area contributed by atoms with E-state index in [1.54, 1.807) is 4.57 Å². The molecule has 9 nitrogen and oxygen atoms in total. The molecule has 1 atom stereocenters. The molecule has 11 heteroatoms. The van der Waals surface area contributed by atoms with Gasteiger partial charge >= 0.3 is 11.4 Å². The first-order chi connectivity index (χ1) is 14.9. The van der Waals surface area contributed by atoms with Gasteiger partial charge in [-0.15, -0.1) is 0 Å². The standard InChI is InChI=1S/C20H21FN4O5S/c21-15-7-6-12(9-17(15)25(28)29)22-18(26)11-31-19-14-4-1-5-16(14)24(20(27)23-19)10-13-3-2-8-30-13/h6-7,9,13H,1-5,8,10-11H2,(H,22,26). The van der Waals surface area contributed by atoms with Crippen molar-refractivity contribution in [2.75, 3.05) is 17.7 Å². The first-order valence-electron chi connectivity index (χ1n) is 10.0. The maximum atomic E-state index is 13.4. The molecule has 0 bridgehead atoms. The summed E-state index contributed by atoms with van der Waals surface area (Å²) in [4.78, 5) is 39.2. The third-order valence-electron chi connectivity index (χ3n) is 5.38. The van der Waals surface area contributed by atoms with E-state index in [9.17, 15) is 24.1 Å². The molecule has 0 saturated carbocycles. The van der Waals surface area contributed by atoms with Crippen LogP contribution in [0, 0.1) is 15.9 Å². The van der Waals surface area contributed by atoms with E-state index in [0.29, 0.717) is 11.6 Å². The average molecular weight is 448 g/mol. The van der Waals surface area contributed by atoms with Crippen LogP contribution in [0.4, 0.5) is 15.8 Å². The van der Waals surface area contributed by atoms with Crippen LogP contribution in [-0.2, 0) is 28.9 Å². The van der Waals surface area contributed by atoms with Gasteiger partial charge in [0.2, 0.25) is 11.7 Å². The second-order valence-corrected chi connectivity index (χ2v) is 8.45. The monoisotopic (exact) mass is 448 g/mol. The molecule has 1 aromatic carbocycles. The Labute approximate surface area is 181 Å². The largest absolute Gasteiger partial charge is 0.376 e. The number of nitrogens with zero attached hydrogens (tertiary/aromatic N) is 3. The van der Waals surface area contributed by atoms with E-state index in [0.717, 1.165) is 73.9 Å². The summed E-state index contributed by atoms with van der Waals surface area (Å²) in [6.45, 7) is 1.22. The molecule has 2 aliphatic rings. The number of benzene rings is 1. The third-order valence-corrected chi connectivity index (χ3v) is 6.40. The van der Waals surface area contributed by atoms with Gasteiger partial charge in [0.1, 0.15) is 5.03 Å². The van der Waals surface area contributed by atoms with Crippen molar-refractivity contribution < 1.29 is 18.8 Å². The summed E-state index contributed by atoms with van der Waals surface area (Å²) < 4.78 is 20.8. The fourth-order valence-electron chi connectivity index (χ4n) is 3.95. The second kappa shape index (κ2) is 9.15. The maximum absolute atomic E-state index is 13.4. The lowest BCUT2D eigenvalue weighted by Crippen LogP contribution is -2.31. The van der Waals surface area contributed by atoms with Crippen LogP contribution in [0.5, 0.6) is 0 Å². The smallest absolute Gasteiger partial charge is 0.348 e. The van der Waals surface area contributed by atoms with Crippen LogP contribution >= 0.6 is 11.8 Å². The van der Waals surface area contributed by atoms with Crippen LogP contribution in [0.3, 0.4) is 0 Å². The van der Waals surface area contributed by atoms with Gasteiger partial charge in [0.25, 0.3) is 0 Å². The Morgan fingerprint density at radius 2 is 2.23 bits per heavy atom. The molecule has 1 amide bonds. The van der Waals surface area contributed by atoms with Gasteiger partial charge in [-0.3, -0.25) is 19.5 Å². The van der Waals surface area contributed by atoms with E-state index >= 15 is 0 Å². The van der Waals surface area contributed by atoms with Crippen LogP contribution in [0.15, 0.2) is 28.0 Å². The van der Waals surface area contributed by atoms with Gasteiger partial charge in [-0.05, 0) is 44.2 Å². The number of anilines is 1. The lowest BCUT2D eigenvalue weighted by atomic mass is 10.2. The Bertz CT molecular complexity index is 1080. The van der Waals surface area contributed by atoms with Crippen molar-refractivity contribution in [2.24, 2.45) is 0 Å². The number of thioether (sulfide) groups is 1. The highest BCUT2D eigenvalue weighted by molar-refractivity contribution is 8.00. The van der Waals surface area contributed by atoms with E-state index in [4.69, 9.17) is 4.74 Å². The number of amides is 1. The molecule has 1 unspecified atom stereocenters. The Kier molecular flexibility index (Phi) is 6.33. The van der Waals surface area contributed by atoms with E-state index in [1.807, 2.05) is 0 Å². The van der Waals surface area contributed by atoms with Crippen LogP contribution in [0.1, 0.15) is 30.5 Å². The SMILES string of the molecule is O=C(CSc1nc(=O)n(CC2CCCO2)c2c1CCC2)Nc1ccc(F)c([N+](=O)[O-])c1. The van der Waals surface area contributed by atoms with Crippen LogP contribution in [0.2, 0.25) is 0 Å². The van der Waals surface area contributed by atoms with Gasteiger partial charge in [0, 0.05) is 29.6 Å². The lowest BCUT2D eigenvalue weighted by molar-refractivity contribution is -0.387. The fourth-order valence-corrected chi connectivity index (χ4v) is 4.82. The molecule has 1 fully saturated rings. The molecule has 1 N–H and O–H groups in total. The molecule has 1 aliphatic heterocycles. The van der Waals surface area contributed by atoms with Crippen molar-refractivity contribution in [3.8, 4) is 0 Å². The number of aromatic nitrogens is 2. The maximum Gasteiger partial charge on any atom is 0.348 e. The van der Waals surface area contributed by atoms with Crippen LogP contribution < -0.4 is 11.0 Å². The summed E-state index contributed by atoms with van der Waals surface area (Å²) in [7, 11) is 0. The number of nitrogens with one attached hydrogen (secondary N) is 1. The first-order valence-corrected chi connectivity index (χ1v) is 11.0. The molecule has 31 heavy (non-hydrogen) atoms. The van der Waals surface area contributed by atoms with Crippen molar-refractivity contribution in [1.29, 1.82) is 0 Å². The molecule has 2 aromatic rings. The third kappa shape index (κ3) is 4.77. The highest BCUT2D eigenvalue weighted by atomic mass is 32.2. The number of hydrogen-bond acceptors (Lipinski definition) is 7. The van der Waals surface area contributed by atoms with Crippen molar-refractivity contribution >= 4 is 29.0 Å². The van der Waals surface area contributed by atoms with Crippen molar-refractivity contribution in [3.05, 3.63) is 55.9 Å². The molecular formula is C20H21FN4O5S. The van der Waals surface area contributed by atoms with Gasteiger partial charge in [0.15, 0.2) is 0 Å². The van der Waals surface area contributed by atoms with E-state index in [1.165, 1.54) is 6.07 Å². The first kappa shape index (κ1) is 21.4. The van der Waals surface area contributed by atoms with E-state index in [-0.39, 0.29) is 23.2 Å². The predicted octanol–water partition coefficient (Wildman–Crippen LogP) is 2.69. The van der Waals surface area contributed by atoms with Crippen molar-refractivity contribution in [2.45, 2.75) is 49.8 Å². The molecule has 1 aromatic heterocycles. The van der Waals surface area contributed by atoms with E-state index in [2.05, 4.69) is 10.3 Å². The Morgan fingerprint density at radius 3 is 2.97 bits per heavy atom. The zero-order chi connectivity index (χ0) is 22.0. The molecular weight excluding hydrogens is 427 g/mol. The van der Waals surface area contributed by atoms with Gasteiger partial charge in [-0.1, -0.05) is 11.8 Å². The molecule has 0 spiro atoms. The van der Waals surface area contributed by atoms with Crippen molar-refractivity contribution in [1.82, 2.24) is 9.55 Å². The second-order valence-electron chi connectivity index (χ2n) is 7.48. The minimum absolute atomic E-state index is 0.0280. The lowest BCUT2D eigenvalue weighted by Gasteiger charge is -2.17. The predicted molar refractivity (Wildman–Crippen MR) is 112 cm³/mol. The minimum Gasteiger partial charge on any atom is -0.376 e. The quantitative estimate of drug-likeness (QED) is 0.300. The zero-order valence-corrected chi connectivity index (χ0v) is 17.5. The zero-order valence-electron chi connectivity index (χ0n) is 16.6. The summed E-state index contributed by atoms with van der Waals surface area (Å²) in [5.74, 6) is -1.43. The average Bonchev–Trinajstić information content (AvgIpc) is 3.42. The number of nitro benzene ring substituents is 1. The van der Waals surface area contributed by atoms with Gasteiger partial charge in [-0.2, -0.15) is 9.37 Å². The molecule has 2 heterocycles. The van der Waals surface area contributed by atoms with Gasteiger partial charge in [0.05, 0.1) is 23.3 Å². The Morgan fingerprint density at radius 1 is 1.39 bits per heavy atom. The highest BCUT2D eigenvalue weighted by Crippen LogP contribution is 2.30. The molecule has 1 aliphatic carbocycles. The normalized spacial score (nSPS) is 17.5. The van der Waals surface area contributed by atoms with Crippen LogP contribution in [-0.4, -0.2) is 38.8 Å². The molecule has 164 valence electrons. The minimum atomic E-state index is -0.972. The number of hydrogen-bond donors (Lipinski definition) is 1. The number of carbonyl (C=O) groups is 1. The topological polar surface area (TPSA) is 116 Å².